The van der Waals surface area contributed by atoms with Crippen molar-refractivity contribution in [2.75, 3.05) is 13.1 Å². The van der Waals surface area contributed by atoms with Gasteiger partial charge in [-0.2, -0.15) is 8.42 Å². The largest absolute Gasteiger partial charge is 0.444 e. The first-order chi connectivity index (χ1) is 14.8. The van der Waals surface area contributed by atoms with Crippen molar-refractivity contribution in [3.63, 3.8) is 0 Å². The normalized spacial score (nSPS) is 13.8. The lowest BCUT2D eigenvalue weighted by atomic mass is 10.1. The summed E-state index contributed by atoms with van der Waals surface area (Å²) >= 11 is 0. The summed E-state index contributed by atoms with van der Waals surface area (Å²) in [5, 5.41) is 3.91. The van der Waals surface area contributed by atoms with Crippen molar-refractivity contribution >= 4 is 27.9 Å². The van der Waals surface area contributed by atoms with Crippen LogP contribution in [0.3, 0.4) is 0 Å². The maximum absolute atomic E-state index is 12.4. The molecule has 0 radical (unpaired) electrons. The van der Waals surface area contributed by atoms with Crippen LogP contribution in [-0.4, -0.2) is 60.7 Å². The van der Waals surface area contributed by atoms with Gasteiger partial charge in [0.1, 0.15) is 11.6 Å². The van der Waals surface area contributed by atoms with Crippen molar-refractivity contribution in [3.8, 4) is 0 Å². The Labute approximate surface area is 189 Å². The number of primary amides is 1. The molecular formula is C21H33N3O7S. The summed E-state index contributed by atoms with van der Waals surface area (Å²) in [6.07, 6.45) is 0.677. The summed E-state index contributed by atoms with van der Waals surface area (Å²) in [5.41, 5.74) is 4.84. The van der Waals surface area contributed by atoms with E-state index in [9.17, 15) is 27.4 Å². The van der Waals surface area contributed by atoms with Crippen LogP contribution in [0.4, 0.5) is 4.79 Å². The maximum Gasteiger partial charge on any atom is 0.408 e. The number of hydrogen-bond donors (Lipinski definition) is 4. The summed E-state index contributed by atoms with van der Waals surface area (Å²) < 4.78 is 37.8. The first-order valence-corrected chi connectivity index (χ1v) is 11.9. The number of rotatable bonds is 13. The number of ether oxygens (including phenoxy) is 1. The molecule has 1 aromatic carbocycles. The Morgan fingerprint density at radius 1 is 1.06 bits per heavy atom. The van der Waals surface area contributed by atoms with E-state index < -0.39 is 44.8 Å². The molecule has 2 amide bonds. The standard InChI is InChI=1S/C21H33N3O7S/c1-21(2,3)31-20(27)24-16(19(22)26)11-7-8-13-23-14-12-17(32(28,29)30)18(25)15-9-5-4-6-10-15/h4-6,9-10,16-17,23H,7-8,11-14H2,1-3H3,(H2,22,26)(H,24,27)(H,28,29,30)/t16-,17?/m0/s1. The van der Waals surface area contributed by atoms with Gasteiger partial charge in [-0.25, -0.2) is 4.79 Å². The summed E-state index contributed by atoms with van der Waals surface area (Å²) in [7, 11) is -4.55. The summed E-state index contributed by atoms with van der Waals surface area (Å²) in [5.74, 6) is -1.33. The van der Waals surface area contributed by atoms with Crippen molar-refractivity contribution in [2.45, 2.75) is 63.3 Å². The lowest BCUT2D eigenvalue weighted by Crippen LogP contribution is -2.46. The lowest BCUT2D eigenvalue weighted by molar-refractivity contribution is -0.120. The van der Waals surface area contributed by atoms with E-state index in [0.29, 0.717) is 25.8 Å². The van der Waals surface area contributed by atoms with E-state index in [1.165, 1.54) is 12.1 Å². The van der Waals surface area contributed by atoms with E-state index in [4.69, 9.17) is 10.5 Å². The first kappa shape index (κ1) is 27.5. The minimum Gasteiger partial charge on any atom is -0.444 e. The van der Waals surface area contributed by atoms with Gasteiger partial charge in [0.15, 0.2) is 11.0 Å². The molecule has 10 nitrogen and oxygen atoms in total. The van der Waals surface area contributed by atoms with Crippen molar-refractivity contribution in [1.29, 1.82) is 0 Å². The average molecular weight is 472 g/mol. The fraction of sp³-hybridized carbons (Fsp3) is 0.571. The Kier molecular flexibility index (Phi) is 10.8. The molecule has 0 saturated heterocycles. The van der Waals surface area contributed by atoms with Gasteiger partial charge >= 0.3 is 6.09 Å². The number of unbranched alkanes of at least 4 members (excludes halogenated alkanes) is 1. The van der Waals surface area contributed by atoms with Crippen LogP contribution < -0.4 is 16.4 Å². The molecule has 0 aliphatic rings. The van der Waals surface area contributed by atoms with Gasteiger partial charge in [0.2, 0.25) is 5.91 Å². The van der Waals surface area contributed by atoms with Crippen LogP contribution in [0.5, 0.6) is 0 Å². The molecule has 0 bridgehead atoms. The predicted octanol–water partition coefficient (Wildman–Crippen LogP) is 1.65. The number of benzene rings is 1. The Morgan fingerprint density at radius 3 is 2.22 bits per heavy atom. The minimum absolute atomic E-state index is 0.0866. The van der Waals surface area contributed by atoms with Crippen LogP contribution in [0.25, 0.3) is 0 Å². The number of alkyl carbamates (subject to hydrolysis) is 1. The quantitative estimate of drug-likeness (QED) is 0.191. The van der Waals surface area contributed by atoms with E-state index in [-0.39, 0.29) is 18.5 Å². The van der Waals surface area contributed by atoms with Crippen LogP contribution in [0.2, 0.25) is 0 Å². The topological polar surface area (TPSA) is 165 Å². The van der Waals surface area contributed by atoms with Crippen LogP contribution in [0, 0.1) is 0 Å². The van der Waals surface area contributed by atoms with Gasteiger partial charge in [0.25, 0.3) is 10.1 Å². The van der Waals surface area contributed by atoms with Crippen LogP contribution in [-0.2, 0) is 19.6 Å². The highest BCUT2D eigenvalue weighted by atomic mass is 32.2. The second-order valence-corrected chi connectivity index (χ2v) is 9.97. The smallest absolute Gasteiger partial charge is 0.408 e. The molecule has 0 aliphatic heterocycles. The predicted molar refractivity (Wildman–Crippen MR) is 120 cm³/mol. The second kappa shape index (κ2) is 12.5. The van der Waals surface area contributed by atoms with Gasteiger partial charge < -0.3 is 21.1 Å². The van der Waals surface area contributed by atoms with Crippen molar-refractivity contribution < 1.29 is 32.1 Å². The average Bonchev–Trinajstić information content (AvgIpc) is 2.66. The molecule has 180 valence electrons. The summed E-state index contributed by atoms with van der Waals surface area (Å²) in [6.45, 7) is 5.79. The molecule has 1 rings (SSSR count). The van der Waals surface area contributed by atoms with Gasteiger partial charge in [-0.05, 0) is 59.5 Å². The van der Waals surface area contributed by atoms with Crippen LogP contribution in [0.1, 0.15) is 56.8 Å². The van der Waals surface area contributed by atoms with Crippen molar-refractivity contribution in [2.24, 2.45) is 5.73 Å². The Morgan fingerprint density at radius 2 is 1.69 bits per heavy atom. The number of nitrogens with two attached hydrogens (primary N) is 1. The highest BCUT2D eigenvalue weighted by Crippen LogP contribution is 2.13. The highest BCUT2D eigenvalue weighted by Gasteiger charge is 2.31. The first-order valence-electron chi connectivity index (χ1n) is 10.4. The number of hydrogen-bond acceptors (Lipinski definition) is 7. The highest BCUT2D eigenvalue weighted by molar-refractivity contribution is 7.87. The molecular weight excluding hydrogens is 438 g/mol. The molecule has 0 fully saturated rings. The number of carbonyl (C=O) groups excluding carboxylic acids is 3. The molecule has 2 atom stereocenters. The van der Waals surface area contributed by atoms with E-state index in [1.54, 1.807) is 39.0 Å². The molecule has 11 heteroatoms. The SMILES string of the molecule is CC(C)(C)OC(=O)N[C@@H](CCCCNCCC(C(=O)c1ccccc1)S(=O)(=O)O)C(N)=O. The number of nitrogens with one attached hydrogen (secondary N) is 2. The second-order valence-electron chi connectivity index (χ2n) is 8.37. The summed E-state index contributed by atoms with van der Waals surface area (Å²) in [4.78, 5) is 35.8. The zero-order chi connectivity index (χ0) is 24.4. The van der Waals surface area contributed by atoms with Gasteiger partial charge in [-0.15, -0.1) is 0 Å². The third-order valence-corrected chi connectivity index (χ3v) is 5.59. The lowest BCUT2D eigenvalue weighted by Gasteiger charge is -2.22. The molecule has 1 aromatic rings. The van der Waals surface area contributed by atoms with Gasteiger partial charge in [-0.3, -0.25) is 14.1 Å². The van der Waals surface area contributed by atoms with E-state index >= 15 is 0 Å². The molecule has 1 unspecified atom stereocenters. The third kappa shape index (κ3) is 10.7. The number of ketones is 1. The zero-order valence-corrected chi connectivity index (χ0v) is 19.5. The van der Waals surface area contributed by atoms with Gasteiger partial charge in [-0.1, -0.05) is 30.3 Å². The molecule has 0 aromatic heterocycles. The third-order valence-electron chi connectivity index (χ3n) is 4.42. The van der Waals surface area contributed by atoms with E-state index in [1.807, 2.05) is 0 Å². The van der Waals surface area contributed by atoms with Gasteiger partial charge in [0.05, 0.1) is 0 Å². The Bertz CT molecular complexity index is 867. The van der Waals surface area contributed by atoms with Gasteiger partial charge in [0, 0.05) is 5.56 Å². The monoisotopic (exact) mass is 471 g/mol. The van der Waals surface area contributed by atoms with Crippen molar-refractivity contribution in [3.05, 3.63) is 35.9 Å². The molecule has 0 aliphatic carbocycles. The van der Waals surface area contributed by atoms with Crippen molar-refractivity contribution in [1.82, 2.24) is 10.6 Å². The molecule has 0 saturated carbocycles. The van der Waals surface area contributed by atoms with E-state index in [0.717, 1.165) is 0 Å². The Balaban J connectivity index is 2.41. The number of Topliss-reactive ketones (excluding diaryl/α,β-unsaturated/α-hetero) is 1. The van der Waals surface area contributed by atoms with Crippen LogP contribution >= 0.6 is 0 Å². The number of carbonyl (C=O) groups is 3. The van der Waals surface area contributed by atoms with Crippen LogP contribution in [0.15, 0.2) is 30.3 Å². The maximum atomic E-state index is 12.4. The molecule has 0 spiro atoms. The Hall–Kier alpha value is -2.50. The van der Waals surface area contributed by atoms with E-state index in [2.05, 4.69) is 10.6 Å². The number of amides is 2. The fourth-order valence-corrected chi connectivity index (χ4v) is 3.72. The molecule has 32 heavy (non-hydrogen) atoms. The fourth-order valence-electron chi connectivity index (χ4n) is 2.90. The molecule has 0 heterocycles. The summed E-state index contributed by atoms with van der Waals surface area (Å²) in [6, 6.07) is 7.06. The molecule has 5 N–H and O–H groups in total. The zero-order valence-electron chi connectivity index (χ0n) is 18.7. The minimum atomic E-state index is -4.55.